The van der Waals surface area contributed by atoms with E-state index in [0.717, 1.165) is 26.1 Å². The van der Waals surface area contributed by atoms with Crippen molar-refractivity contribution in [2.75, 3.05) is 26.9 Å². The molecule has 20 heavy (non-hydrogen) atoms. The minimum absolute atomic E-state index is 0.0631. The first-order chi connectivity index (χ1) is 9.63. The van der Waals surface area contributed by atoms with Crippen LogP contribution in [-0.4, -0.2) is 39.0 Å². The maximum absolute atomic E-state index is 6.35. The molecule has 1 saturated carbocycles. The molecule has 4 nitrogen and oxygen atoms in total. The third-order valence-electron chi connectivity index (χ3n) is 5.60. The minimum atomic E-state index is -0.791. The fourth-order valence-corrected chi connectivity index (χ4v) is 3.97. The molecule has 1 aliphatic carbocycles. The summed E-state index contributed by atoms with van der Waals surface area (Å²) in [5, 5.41) is 0. The topological polar surface area (TPSA) is 36.9 Å². The van der Waals surface area contributed by atoms with Crippen molar-refractivity contribution in [3.8, 4) is 0 Å². The van der Waals surface area contributed by atoms with Crippen molar-refractivity contribution in [3.63, 3.8) is 0 Å². The zero-order valence-electron chi connectivity index (χ0n) is 13.0. The molecule has 0 amide bonds. The van der Waals surface area contributed by atoms with E-state index in [9.17, 15) is 0 Å². The smallest absolute Gasteiger partial charge is 0.286 e. The fourth-order valence-electron chi connectivity index (χ4n) is 3.97. The van der Waals surface area contributed by atoms with E-state index in [2.05, 4.69) is 13.8 Å². The molecule has 4 aliphatic rings. The Balaban J connectivity index is 1.80. The molecule has 1 atom stereocenters. The predicted octanol–water partition coefficient (Wildman–Crippen LogP) is 2.95. The van der Waals surface area contributed by atoms with Crippen LogP contribution in [0.2, 0.25) is 0 Å². The van der Waals surface area contributed by atoms with E-state index in [1.54, 1.807) is 7.11 Å². The molecular formula is C16H28O4. The highest BCUT2D eigenvalue weighted by Crippen LogP contribution is 2.52. The lowest BCUT2D eigenvalue weighted by molar-refractivity contribution is -0.513. The number of ether oxygens (including phenoxy) is 4. The molecule has 0 aromatic carbocycles. The maximum atomic E-state index is 6.35. The van der Waals surface area contributed by atoms with Gasteiger partial charge in [-0.05, 0) is 18.8 Å². The van der Waals surface area contributed by atoms with Crippen LogP contribution in [0, 0.1) is 17.3 Å². The normalized spacial score (nSPS) is 42.3. The van der Waals surface area contributed by atoms with Crippen molar-refractivity contribution in [1.82, 2.24) is 0 Å². The second-order valence-electron chi connectivity index (χ2n) is 6.97. The number of hydrogen-bond acceptors (Lipinski definition) is 4. The monoisotopic (exact) mass is 284 g/mol. The van der Waals surface area contributed by atoms with Crippen LogP contribution in [0.3, 0.4) is 0 Å². The first-order valence-corrected chi connectivity index (χ1v) is 8.07. The van der Waals surface area contributed by atoms with Gasteiger partial charge in [0.05, 0.1) is 25.9 Å². The molecule has 4 rings (SSSR count). The Bertz CT molecular complexity index is 327. The van der Waals surface area contributed by atoms with Crippen LogP contribution in [0.15, 0.2) is 0 Å². The summed E-state index contributed by atoms with van der Waals surface area (Å²) in [5.41, 5.74) is -0.0631. The molecule has 0 aromatic heterocycles. The average Bonchev–Trinajstić information content (AvgIpc) is 2.49. The highest BCUT2D eigenvalue weighted by Gasteiger charge is 2.61. The van der Waals surface area contributed by atoms with Gasteiger partial charge in [0.15, 0.2) is 0 Å². The average molecular weight is 284 g/mol. The van der Waals surface area contributed by atoms with Gasteiger partial charge in [-0.25, -0.2) is 0 Å². The van der Waals surface area contributed by atoms with Gasteiger partial charge in [-0.3, -0.25) is 0 Å². The van der Waals surface area contributed by atoms with E-state index in [1.165, 1.54) is 19.3 Å². The molecule has 3 saturated heterocycles. The Hall–Kier alpha value is -0.160. The van der Waals surface area contributed by atoms with Gasteiger partial charge in [-0.15, -0.1) is 0 Å². The Labute approximate surface area is 122 Å². The number of hydrogen-bond donors (Lipinski definition) is 0. The van der Waals surface area contributed by atoms with Crippen LogP contribution in [0.25, 0.3) is 0 Å². The van der Waals surface area contributed by atoms with E-state index >= 15 is 0 Å². The second kappa shape index (κ2) is 5.56. The second-order valence-corrected chi connectivity index (χ2v) is 6.97. The predicted molar refractivity (Wildman–Crippen MR) is 75.2 cm³/mol. The van der Waals surface area contributed by atoms with Gasteiger partial charge in [-0.2, -0.15) is 0 Å². The molecule has 4 fully saturated rings. The molecular weight excluding hydrogens is 256 g/mol. The van der Waals surface area contributed by atoms with Crippen LogP contribution in [0.4, 0.5) is 0 Å². The van der Waals surface area contributed by atoms with E-state index in [-0.39, 0.29) is 11.5 Å². The summed E-state index contributed by atoms with van der Waals surface area (Å²) in [4.78, 5) is 0. The van der Waals surface area contributed by atoms with Crippen LogP contribution >= 0.6 is 0 Å². The third-order valence-corrected chi connectivity index (χ3v) is 5.60. The van der Waals surface area contributed by atoms with E-state index < -0.39 is 5.97 Å². The van der Waals surface area contributed by atoms with Gasteiger partial charge in [0.1, 0.15) is 0 Å². The largest absolute Gasteiger partial charge is 0.382 e. The molecule has 3 aliphatic heterocycles. The van der Waals surface area contributed by atoms with Crippen molar-refractivity contribution in [2.24, 2.45) is 17.3 Å². The summed E-state index contributed by atoms with van der Waals surface area (Å²) >= 11 is 0. The summed E-state index contributed by atoms with van der Waals surface area (Å²) in [6.07, 6.45) is 6.21. The number of rotatable bonds is 4. The van der Waals surface area contributed by atoms with Crippen molar-refractivity contribution < 1.29 is 18.9 Å². The van der Waals surface area contributed by atoms with Gasteiger partial charge in [-0.1, -0.05) is 33.1 Å². The SMILES string of the molecule is COCC1OC2(C3CCCCC3)OCC1(C(C)C)CO2. The third kappa shape index (κ3) is 2.21. The molecule has 0 radical (unpaired) electrons. The molecule has 0 N–H and O–H groups in total. The highest BCUT2D eigenvalue weighted by atomic mass is 16.9. The minimum Gasteiger partial charge on any atom is -0.382 e. The summed E-state index contributed by atoms with van der Waals surface area (Å²) in [6, 6.07) is 0. The van der Waals surface area contributed by atoms with Crippen molar-refractivity contribution >= 4 is 0 Å². The van der Waals surface area contributed by atoms with Crippen LogP contribution < -0.4 is 0 Å². The van der Waals surface area contributed by atoms with Crippen molar-refractivity contribution in [3.05, 3.63) is 0 Å². The van der Waals surface area contributed by atoms with Crippen LogP contribution in [0.5, 0.6) is 0 Å². The summed E-state index contributed by atoms with van der Waals surface area (Å²) < 4.78 is 24.0. The molecule has 4 heteroatoms. The zero-order chi connectivity index (χ0) is 14.2. The molecule has 0 spiro atoms. The Morgan fingerprint density at radius 2 is 1.75 bits per heavy atom. The Kier molecular flexibility index (Phi) is 4.10. The zero-order valence-corrected chi connectivity index (χ0v) is 13.0. The van der Waals surface area contributed by atoms with Gasteiger partial charge in [0.2, 0.25) is 0 Å². The molecule has 1 unspecified atom stereocenters. The number of fused-ring (bicyclic) bond motifs is 3. The quantitative estimate of drug-likeness (QED) is 0.795. The van der Waals surface area contributed by atoms with Gasteiger partial charge >= 0.3 is 0 Å². The lowest BCUT2D eigenvalue weighted by atomic mass is 9.71. The van der Waals surface area contributed by atoms with E-state index in [1.807, 2.05) is 0 Å². The summed E-state index contributed by atoms with van der Waals surface area (Å²) in [7, 11) is 1.74. The summed E-state index contributed by atoms with van der Waals surface area (Å²) in [5.74, 6) is 0.0358. The van der Waals surface area contributed by atoms with E-state index in [0.29, 0.717) is 18.4 Å². The van der Waals surface area contributed by atoms with Crippen LogP contribution in [0.1, 0.15) is 46.0 Å². The van der Waals surface area contributed by atoms with Crippen LogP contribution in [-0.2, 0) is 18.9 Å². The first-order valence-electron chi connectivity index (χ1n) is 8.07. The Morgan fingerprint density at radius 1 is 1.10 bits per heavy atom. The van der Waals surface area contributed by atoms with E-state index in [4.69, 9.17) is 18.9 Å². The lowest BCUT2D eigenvalue weighted by Crippen LogP contribution is -2.69. The highest BCUT2D eigenvalue weighted by molar-refractivity contribution is 4.99. The number of methoxy groups -OCH3 is 1. The van der Waals surface area contributed by atoms with Gasteiger partial charge < -0.3 is 18.9 Å². The fraction of sp³-hybridized carbons (Fsp3) is 1.00. The van der Waals surface area contributed by atoms with Crippen molar-refractivity contribution in [2.45, 2.75) is 58.0 Å². The summed E-state index contributed by atoms with van der Waals surface area (Å²) in [6.45, 7) is 6.53. The van der Waals surface area contributed by atoms with Gasteiger partial charge in [0, 0.05) is 18.4 Å². The molecule has 2 bridgehead atoms. The van der Waals surface area contributed by atoms with Crippen molar-refractivity contribution in [1.29, 1.82) is 0 Å². The van der Waals surface area contributed by atoms with Gasteiger partial charge in [0.25, 0.3) is 5.97 Å². The molecule has 0 aromatic rings. The Morgan fingerprint density at radius 3 is 2.30 bits per heavy atom. The maximum Gasteiger partial charge on any atom is 0.286 e. The lowest BCUT2D eigenvalue weighted by Gasteiger charge is -2.60. The standard InChI is InChI=1S/C16H28O4/c1-12(2)15-10-18-16(19-11-15,20-14(15)9-17-3)13-7-5-4-6-8-13/h12-14H,4-11H2,1-3H3. The molecule has 3 heterocycles. The molecule has 116 valence electrons. The first kappa shape index (κ1) is 14.8.